The van der Waals surface area contributed by atoms with Crippen LogP contribution in [0.5, 0.6) is 0 Å². The molecular weight excluding hydrogens is 166 g/mol. The van der Waals surface area contributed by atoms with Gasteiger partial charge in [0.05, 0.1) is 11.9 Å². The van der Waals surface area contributed by atoms with Crippen LogP contribution in [0, 0.1) is 0 Å². The maximum Gasteiger partial charge on any atom is 0.0725 e. The van der Waals surface area contributed by atoms with Gasteiger partial charge in [0, 0.05) is 25.5 Å². The van der Waals surface area contributed by atoms with Crippen molar-refractivity contribution in [2.45, 2.75) is 25.3 Å². The number of nitrogens with one attached hydrogen (secondary N) is 2. The molecule has 4 nitrogen and oxygen atoms in total. The summed E-state index contributed by atoms with van der Waals surface area (Å²) >= 11 is 0. The summed E-state index contributed by atoms with van der Waals surface area (Å²) in [5, 5.41) is 10.1. The Hall–Kier alpha value is -1.03. The minimum absolute atomic E-state index is 0.542. The van der Waals surface area contributed by atoms with Crippen LogP contribution in [0.3, 0.4) is 0 Å². The van der Waals surface area contributed by atoms with Gasteiger partial charge in [0.1, 0.15) is 0 Å². The van der Waals surface area contributed by atoms with Gasteiger partial charge >= 0.3 is 0 Å². The van der Waals surface area contributed by atoms with Gasteiger partial charge < -0.3 is 10.1 Å². The van der Waals surface area contributed by atoms with Crippen molar-refractivity contribution >= 4 is 5.69 Å². The van der Waals surface area contributed by atoms with E-state index in [4.69, 9.17) is 4.74 Å². The number of hydrogen-bond donors (Lipinski definition) is 2. The molecule has 1 aliphatic rings. The number of H-pyrrole nitrogens is 1. The zero-order valence-electron chi connectivity index (χ0n) is 7.62. The maximum atomic E-state index is 5.38. The normalized spacial score (nSPS) is 23.8. The van der Waals surface area contributed by atoms with E-state index in [-0.39, 0.29) is 0 Å². The Morgan fingerprint density at radius 2 is 2.46 bits per heavy atom. The number of nitrogens with zero attached hydrogens (tertiary/aromatic N) is 1. The van der Waals surface area contributed by atoms with E-state index >= 15 is 0 Å². The van der Waals surface area contributed by atoms with Crippen LogP contribution in [-0.2, 0) is 4.74 Å². The van der Waals surface area contributed by atoms with Crippen molar-refractivity contribution < 1.29 is 4.74 Å². The fourth-order valence-electron chi connectivity index (χ4n) is 1.61. The Labute approximate surface area is 77.7 Å². The molecule has 13 heavy (non-hydrogen) atoms. The van der Waals surface area contributed by atoms with Gasteiger partial charge in [-0.1, -0.05) is 0 Å². The summed E-state index contributed by atoms with van der Waals surface area (Å²) in [6.07, 6.45) is 7.11. The standard InChI is InChI=1S/C9H15N3O/c1-2-8(3-5-13-4-1)12-9-6-10-11-7-9/h6-8,12H,1-5H2,(H,10,11). The van der Waals surface area contributed by atoms with Crippen LogP contribution in [0.4, 0.5) is 5.69 Å². The summed E-state index contributed by atoms with van der Waals surface area (Å²) in [7, 11) is 0. The van der Waals surface area contributed by atoms with Gasteiger partial charge in [0.25, 0.3) is 0 Å². The van der Waals surface area contributed by atoms with Gasteiger partial charge in [0.2, 0.25) is 0 Å². The summed E-state index contributed by atoms with van der Waals surface area (Å²) < 4.78 is 5.38. The van der Waals surface area contributed by atoms with E-state index in [0.29, 0.717) is 6.04 Å². The summed E-state index contributed by atoms with van der Waals surface area (Å²) in [6, 6.07) is 0.542. The van der Waals surface area contributed by atoms with Crippen molar-refractivity contribution in [3.63, 3.8) is 0 Å². The molecule has 0 amide bonds. The van der Waals surface area contributed by atoms with Crippen molar-refractivity contribution in [3.8, 4) is 0 Å². The number of hydrogen-bond acceptors (Lipinski definition) is 3. The van der Waals surface area contributed by atoms with Gasteiger partial charge in [-0.25, -0.2) is 0 Å². The molecule has 1 aromatic rings. The number of rotatable bonds is 2. The number of anilines is 1. The van der Waals surface area contributed by atoms with E-state index in [0.717, 1.165) is 31.7 Å². The molecular formula is C9H15N3O. The van der Waals surface area contributed by atoms with E-state index < -0.39 is 0 Å². The second kappa shape index (κ2) is 4.28. The SMILES string of the molecule is c1n[nH]cc1NC1CCCOCC1. The van der Waals surface area contributed by atoms with Crippen molar-refractivity contribution in [2.24, 2.45) is 0 Å². The lowest BCUT2D eigenvalue weighted by Gasteiger charge is -2.14. The lowest BCUT2D eigenvalue weighted by Crippen LogP contribution is -2.19. The lowest BCUT2D eigenvalue weighted by molar-refractivity contribution is 0.144. The van der Waals surface area contributed by atoms with Gasteiger partial charge in [-0.05, 0) is 19.3 Å². The minimum atomic E-state index is 0.542. The average Bonchev–Trinajstić information content (AvgIpc) is 2.49. The van der Waals surface area contributed by atoms with Gasteiger partial charge in [-0.2, -0.15) is 5.10 Å². The molecule has 1 saturated heterocycles. The Morgan fingerprint density at radius 3 is 3.31 bits per heavy atom. The van der Waals surface area contributed by atoms with Crippen molar-refractivity contribution in [1.29, 1.82) is 0 Å². The summed E-state index contributed by atoms with van der Waals surface area (Å²) in [5.74, 6) is 0. The molecule has 4 heteroatoms. The largest absolute Gasteiger partial charge is 0.381 e. The highest BCUT2D eigenvalue weighted by atomic mass is 16.5. The third kappa shape index (κ3) is 2.45. The van der Waals surface area contributed by atoms with Crippen LogP contribution < -0.4 is 5.32 Å². The molecule has 0 spiro atoms. The van der Waals surface area contributed by atoms with E-state index in [1.54, 1.807) is 0 Å². The molecule has 72 valence electrons. The van der Waals surface area contributed by atoms with E-state index in [9.17, 15) is 0 Å². The molecule has 1 atom stereocenters. The molecule has 1 aromatic heterocycles. The monoisotopic (exact) mass is 181 g/mol. The van der Waals surface area contributed by atoms with Crippen LogP contribution in [0.1, 0.15) is 19.3 Å². The molecule has 0 bridgehead atoms. The summed E-state index contributed by atoms with van der Waals surface area (Å²) in [4.78, 5) is 0. The third-order valence-electron chi connectivity index (χ3n) is 2.32. The molecule has 2 N–H and O–H groups in total. The van der Waals surface area contributed by atoms with Crippen LogP contribution in [0.25, 0.3) is 0 Å². The molecule has 1 fully saturated rings. The first kappa shape index (κ1) is 8.56. The molecule has 0 radical (unpaired) electrons. The summed E-state index contributed by atoms with van der Waals surface area (Å²) in [6.45, 7) is 1.78. The van der Waals surface area contributed by atoms with Gasteiger partial charge in [-0.15, -0.1) is 0 Å². The first-order valence-corrected chi connectivity index (χ1v) is 4.78. The van der Waals surface area contributed by atoms with E-state index in [2.05, 4.69) is 15.5 Å². The van der Waals surface area contributed by atoms with E-state index in [1.807, 2.05) is 12.4 Å². The molecule has 0 aliphatic carbocycles. The van der Waals surface area contributed by atoms with Gasteiger partial charge in [-0.3, -0.25) is 5.10 Å². The second-order valence-corrected chi connectivity index (χ2v) is 3.37. The first-order chi connectivity index (χ1) is 6.45. The average molecular weight is 181 g/mol. The number of ether oxygens (including phenoxy) is 1. The second-order valence-electron chi connectivity index (χ2n) is 3.37. The molecule has 2 heterocycles. The first-order valence-electron chi connectivity index (χ1n) is 4.78. The van der Waals surface area contributed by atoms with Crippen molar-refractivity contribution in [2.75, 3.05) is 18.5 Å². The zero-order valence-corrected chi connectivity index (χ0v) is 7.62. The van der Waals surface area contributed by atoms with Crippen LogP contribution in [-0.4, -0.2) is 29.5 Å². The van der Waals surface area contributed by atoms with Crippen molar-refractivity contribution in [1.82, 2.24) is 10.2 Å². The lowest BCUT2D eigenvalue weighted by atomic mass is 10.1. The van der Waals surface area contributed by atoms with Crippen LogP contribution in [0.15, 0.2) is 12.4 Å². The fourth-order valence-corrected chi connectivity index (χ4v) is 1.61. The topological polar surface area (TPSA) is 49.9 Å². The number of aromatic nitrogens is 2. The smallest absolute Gasteiger partial charge is 0.0725 e. The molecule has 0 aromatic carbocycles. The Morgan fingerprint density at radius 1 is 1.46 bits per heavy atom. The fraction of sp³-hybridized carbons (Fsp3) is 0.667. The van der Waals surface area contributed by atoms with Gasteiger partial charge in [0.15, 0.2) is 0 Å². The molecule has 1 aliphatic heterocycles. The Bertz CT molecular complexity index is 227. The van der Waals surface area contributed by atoms with Crippen LogP contribution in [0.2, 0.25) is 0 Å². The van der Waals surface area contributed by atoms with Crippen molar-refractivity contribution in [3.05, 3.63) is 12.4 Å². The predicted octanol–water partition coefficient (Wildman–Crippen LogP) is 1.39. The zero-order chi connectivity index (χ0) is 8.93. The Kier molecular flexibility index (Phi) is 2.82. The highest BCUT2D eigenvalue weighted by Crippen LogP contribution is 2.13. The molecule has 1 unspecified atom stereocenters. The predicted molar refractivity (Wildman–Crippen MR) is 50.7 cm³/mol. The van der Waals surface area contributed by atoms with E-state index in [1.165, 1.54) is 6.42 Å². The quantitative estimate of drug-likeness (QED) is 0.725. The third-order valence-corrected chi connectivity index (χ3v) is 2.32. The number of aromatic amines is 1. The molecule has 2 rings (SSSR count). The maximum absolute atomic E-state index is 5.38. The highest BCUT2D eigenvalue weighted by Gasteiger charge is 2.11. The Balaban J connectivity index is 1.86. The highest BCUT2D eigenvalue weighted by molar-refractivity contribution is 5.38. The van der Waals surface area contributed by atoms with Crippen LogP contribution >= 0.6 is 0 Å². The summed E-state index contributed by atoms with van der Waals surface area (Å²) in [5.41, 5.74) is 1.08. The molecule has 0 saturated carbocycles. The minimum Gasteiger partial charge on any atom is -0.381 e.